The summed E-state index contributed by atoms with van der Waals surface area (Å²) < 4.78 is 18.2. The zero-order chi connectivity index (χ0) is 15.6. The van der Waals surface area contributed by atoms with E-state index in [4.69, 9.17) is 4.74 Å². The zero-order valence-corrected chi connectivity index (χ0v) is 11.7. The van der Waals surface area contributed by atoms with Gasteiger partial charge in [-0.1, -0.05) is 6.07 Å². The zero-order valence-electron chi connectivity index (χ0n) is 11.7. The second-order valence-electron chi connectivity index (χ2n) is 4.73. The molecule has 1 aliphatic heterocycles. The van der Waals surface area contributed by atoms with Crippen LogP contribution >= 0.6 is 0 Å². The molecular weight excluding hydrogens is 279 g/mol. The summed E-state index contributed by atoms with van der Waals surface area (Å²) in [6, 6.07) is 3.23. The quantitative estimate of drug-likeness (QED) is 0.851. The molecular formula is C14H15FN2O4. The number of urea groups is 1. The van der Waals surface area contributed by atoms with Crippen molar-refractivity contribution < 1.29 is 23.5 Å². The smallest absolute Gasteiger partial charge is 0.339 e. The fourth-order valence-electron chi connectivity index (χ4n) is 1.99. The van der Waals surface area contributed by atoms with Crippen LogP contribution in [0.5, 0.6) is 0 Å². The molecule has 3 amide bonds. The first-order valence-electron chi connectivity index (χ1n) is 6.46. The van der Waals surface area contributed by atoms with Crippen LogP contribution in [0, 0.1) is 12.7 Å². The summed E-state index contributed by atoms with van der Waals surface area (Å²) in [6.45, 7) is 3.61. The molecule has 1 aliphatic rings. The molecule has 0 radical (unpaired) electrons. The molecule has 1 unspecified atom stereocenters. The van der Waals surface area contributed by atoms with Crippen molar-refractivity contribution in [3.8, 4) is 0 Å². The molecule has 0 spiro atoms. The molecule has 1 aromatic carbocycles. The molecule has 2 rings (SSSR count). The highest BCUT2D eigenvalue weighted by Crippen LogP contribution is 2.13. The predicted molar refractivity (Wildman–Crippen MR) is 71.1 cm³/mol. The second-order valence-corrected chi connectivity index (χ2v) is 4.73. The lowest BCUT2D eigenvalue weighted by Crippen LogP contribution is -2.41. The highest BCUT2D eigenvalue weighted by Gasteiger charge is 2.31. The van der Waals surface area contributed by atoms with Gasteiger partial charge in [-0.2, -0.15) is 0 Å². The number of imide groups is 1. The van der Waals surface area contributed by atoms with E-state index in [0.29, 0.717) is 12.1 Å². The number of aryl methyl sites for hydroxylation is 1. The highest BCUT2D eigenvalue weighted by molar-refractivity contribution is 5.99. The van der Waals surface area contributed by atoms with E-state index in [1.54, 1.807) is 6.92 Å². The first-order chi connectivity index (χ1) is 9.90. The lowest BCUT2D eigenvalue weighted by atomic mass is 10.1. The molecule has 21 heavy (non-hydrogen) atoms. The maximum absolute atomic E-state index is 13.2. The predicted octanol–water partition coefficient (Wildman–Crippen LogP) is 1.23. The number of nitrogens with one attached hydrogen (secondary N) is 1. The summed E-state index contributed by atoms with van der Waals surface area (Å²) in [7, 11) is 0. The molecule has 0 aliphatic carbocycles. The van der Waals surface area contributed by atoms with Crippen LogP contribution in [0.1, 0.15) is 22.8 Å². The monoisotopic (exact) mass is 294 g/mol. The lowest BCUT2D eigenvalue weighted by molar-refractivity contribution is -0.136. The van der Waals surface area contributed by atoms with Crippen LogP contribution in [-0.4, -0.2) is 42.0 Å². The first kappa shape index (κ1) is 15.0. The molecule has 112 valence electrons. The average Bonchev–Trinajstić information content (AvgIpc) is 2.86. The Hall–Kier alpha value is -2.44. The third kappa shape index (κ3) is 3.18. The lowest BCUT2D eigenvalue weighted by Gasteiger charge is -2.18. The van der Waals surface area contributed by atoms with Crippen molar-refractivity contribution in [1.82, 2.24) is 10.2 Å². The Balaban J connectivity index is 2.06. The summed E-state index contributed by atoms with van der Waals surface area (Å²) >= 11 is 0. The Labute approximate surface area is 120 Å². The van der Waals surface area contributed by atoms with E-state index >= 15 is 0 Å². The van der Waals surface area contributed by atoms with Gasteiger partial charge in [-0.25, -0.2) is 14.0 Å². The van der Waals surface area contributed by atoms with E-state index in [1.165, 1.54) is 19.1 Å². The van der Waals surface area contributed by atoms with Crippen molar-refractivity contribution >= 4 is 17.9 Å². The highest BCUT2D eigenvalue weighted by atomic mass is 19.1. The second kappa shape index (κ2) is 5.90. The minimum absolute atomic E-state index is 0.0560. The molecule has 0 saturated carbocycles. The van der Waals surface area contributed by atoms with Gasteiger partial charge in [0.2, 0.25) is 0 Å². The van der Waals surface area contributed by atoms with Gasteiger partial charge in [0.05, 0.1) is 5.56 Å². The summed E-state index contributed by atoms with van der Waals surface area (Å²) in [5.41, 5.74) is 0.598. The van der Waals surface area contributed by atoms with Gasteiger partial charge >= 0.3 is 12.0 Å². The van der Waals surface area contributed by atoms with Crippen LogP contribution in [0.15, 0.2) is 18.2 Å². The number of halogens is 1. The molecule has 1 N–H and O–H groups in total. The van der Waals surface area contributed by atoms with Crippen LogP contribution in [0.2, 0.25) is 0 Å². The van der Waals surface area contributed by atoms with Crippen molar-refractivity contribution in [2.24, 2.45) is 0 Å². The summed E-state index contributed by atoms with van der Waals surface area (Å²) in [5, 5.41) is 2.48. The van der Waals surface area contributed by atoms with Crippen molar-refractivity contribution in [2.45, 2.75) is 20.0 Å². The third-order valence-electron chi connectivity index (χ3n) is 3.17. The standard InChI is InChI=1S/C14H15FN2O4/c1-8-3-4-10(15)7-11(8)13(19)21-9(2)12(18)17-6-5-16-14(17)20/h3-4,7,9H,5-6H2,1-2H3,(H,16,20). The molecule has 1 fully saturated rings. The molecule has 7 heteroatoms. The maximum atomic E-state index is 13.2. The van der Waals surface area contributed by atoms with Crippen LogP contribution in [0.4, 0.5) is 9.18 Å². The fourth-order valence-corrected chi connectivity index (χ4v) is 1.99. The number of hydrogen-bond acceptors (Lipinski definition) is 4. The third-order valence-corrected chi connectivity index (χ3v) is 3.17. The number of hydrogen-bond donors (Lipinski definition) is 1. The minimum Gasteiger partial charge on any atom is -0.449 e. The number of benzene rings is 1. The number of rotatable bonds is 3. The molecule has 1 saturated heterocycles. The number of ether oxygens (including phenoxy) is 1. The molecule has 1 heterocycles. The van der Waals surface area contributed by atoms with Crippen LogP contribution in [0.25, 0.3) is 0 Å². The topological polar surface area (TPSA) is 75.7 Å². The fraction of sp³-hybridized carbons (Fsp3) is 0.357. The van der Waals surface area contributed by atoms with E-state index in [-0.39, 0.29) is 12.1 Å². The van der Waals surface area contributed by atoms with Crippen LogP contribution in [0.3, 0.4) is 0 Å². The largest absolute Gasteiger partial charge is 0.449 e. The van der Waals surface area contributed by atoms with E-state index in [2.05, 4.69) is 5.32 Å². The summed E-state index contributed by atoms with van der Waals surface area (Å²) in [6.07, 6.45) is -1.12. The van der Waals surface area contributed by atoms with E-state index in [1.807, 2.05) is 0 Å². The first-order valence-corrected chi connectivity index (χ1v) is 6.46. The molecule has 1 aromatic rings. The summed E-state index contributed by atoms with van der Waals surface area (Å²) in [5.74, 6) is -1.97. The number of esters is 1. The molecule has 0 bridgehead atoms. The van der Waals surface area contributed by atoms with Gasteiger partial charge < -0.3 is 10.1 Å². The van der Waals surface area contributed by atoms with E-state index < -0.39 is 29.8 Å². The number of carbonyl (C=O) groups excluding carboxylic acids is 3. The summed E-state index contributed by atoms with van der Waals surface area (Å²) in [4.78, 5) is 36.3. The Morgan fingerprint density at radius 1 is 1.43 bits per heavy atom. The van der Waals surface area contributed by atoms with Gasteiger partial charge in [0.25, 0.3) is 5.91 Å². The van der Waals surface area contributed by atoms with Crippen molar-refractivity contribution in [1.29, 1.82) is 0 Å². The van der Waals surface area contributed by atoms with Crippen LogP contribution < -0.4 is 5.32 Å². The normalized spacial score (nSPS) is 15.6. The van der Waals surface area contributed by atoms with Gasteiger partial charge in [-0.05, 0) is 31.5 Å². The van der Waals surface area contributed by atoms with Crippen molar-refractivity contribution in [2.75, 3.05) is 13.1 Å². The number of nitrogens with zero attached hydrogens (tertiary/aromatic N) is 1. The number of amides is 3. The van der Waals surface area contributed by atoms with Crippen molar-refractivity contribution in [3.05, 3.63) is 35.1 Å². The van der Waals surface area contributed by atoms with Gasteiger partial charge in [0.15, 0.2) is 6.10 Å². The van der Waals surface area contributed by atoms with Gasteiger partial charge in [0.1, 0.15) is 5.82 Å². The van der Waals surface area contributed by atoms with E-state index in [0.717, 1.165) is 11.0 Å². The van der Waals surface area contributed by atoms with Gasteiger partial charge in [0, 0.05) is 13.1 Å². The number of carbonyl (C=O) groups is 3. The van der Waals surface area contributed by atoms with Gasteiger partial charge in [-0.15, -0.1) is 0 Å². The average molecular weight is 294 g/mol. The van der Waals surface area contributed by atoms with Crippen molar-refractivity contribution in [3.63, 3.8) is 0 Å². The molecule has 0 aromatic heterocycles. The Morgan fingerprint density at radius 3 is 2.76 bits per heavy atom. The van der Waals surface area contributed by atoms with E-state index in [9.17, 15) is 18.8 Å². The molecule has 1 atom stereocenters. The van der Waals surface area contributed by atoms with Crippen LogP contribution in [-0.2, 0) is 9.53 Å². The Bertz CT molecular complexity index is 603. The maximum Gasteiger partial charge on any atom is 0.339 e. The minimum atomic E-state index is -1.12. The SMILES string of the molecule is Cc1ccc(F)cc1C(=O)OC(C)C(=O)N1CCNC1=O. The Kier molecular flexibility index (Phi) is 4.21. The van der Waals surface area contributed by atoms with Gasteiger partial charge in [-0.3, -0.25) is 9.69 Å². The Morgan fingerprint density at radius 2 is 2.14 bits per heavy atom. The molecule has 6 nitrogen and oxygen atoms in total.